The van der Waals surface area contributed by atoms with Crippen molar-refractivity contribution in [2.24, 2.45) is 0 Å². The quantitative estimate of drug-likeness (QED) is 0.609. The van der Waals surface area contributed by atoms with Crippen molar-refractivity contribution < 1.29 is 9.66 Å². The summed E-state index contributed by atoms with van der Waals surface area (Å²) in [6, 6.07) is 4.40. The number of nitrogens with zero attached hydrogens (tertiary/aromatic N) is 4. The number of hydrogen-bond donors (Lipinski definition) is 2. The van der Waals surface area contributed by atoms with Gasteiger partial charge in [0.2, 0.25) is 0 Å². The minimum absolute atomic E-state index is 0.0652. The van der Waals surface area contributed by atoms with E-state index in [1.54, 1.807) is 19.1 Å². The number of nitro benzene ring substituents is 1. The lowest BCUT2D eigenvalue weighted by atomic mass is 10.2. The summed E-state index contributed by atoms with van der Waals surface area (Å²) in [4.78, 5) is 10.4. The number of ether oxygens (including phenoxy) is 1. The van der Waals surface area contributed by atoms with Gasteiger partial charge < -0.3 is 10.1 Å². The van der Waals surface area contributed by atoms with Crippen molar-refractivity contribution in [3.63, 3.8) is 0 Å². The molecule has 9 heteroatoms. The van der Waals surface area contributed by atoms with Crippen LogP contribution < -0.4 is 10.1 Å². The van der Waals surface area contributed by atoms with E-state index in [9.17, 15) is 10.1 Å². The number of nitro groups is 1. The second kappa shape index (κ2) is 5.95. The molecule has 1 atom stereocenters. The smallest absolute Gasteiger partial charge is 0.311 e. The number of hydrogen-bond acceptors (Lipinski definition) is 7. The zero-order valence-corrected chi connectivity index (χ0v) is 11.0. The number of H-pyrrole nitrogens is 1. The van der Waals surface area contributed by atoms with Gasteiger partial charge in [0.15, 0.2) is 11.6 Å². The van der Waals surface area contributed by atoms with Crippen LogP contribution in [0, 0.1) is 10.1 Å². The number of aromatic amines is 1. The first-order valence-electron chi connectivity index (χ1n) is 6.03. The predicted octanol–water partition coefficient (Wildman–Crippen LogP) is 1.68. The summed E-state index contributed by atoms with van der Waals surface area (Å²) in [6.07, 6.45) is 0. The molecule has 0 bridgehead atoms. The average molecular weight is 278 g/mol. The van der Waals surface area contributed by atoms with E-state index in [0.29, 0.717) is 18.1 Å². The van der Waals surface area contributed by atoms with E-state index in [0.717, 1.165) is 0 Å². The molecule has 1 unspecified atom stereocenters. The minimum atomic E-state index is -0.475. The molecular weight excluding hydrogens is 264 g/mol. The van der Waals surface area contributed by atoms with Crippen LogP contribution in [0.2, 0.25) is 0 Å². The molecule has 0 amide bonds. The van der Waals surface area contributed by atoms with E-state index in [1.807, 2.05) is 6.92 Å². The summed E-state index contributed by atoms with van der Waals surface area (Å²) >= 11 is 0. The van der Waals surface area contributed by atoms with Crippen molar-refractivity contribution in [3.05, 3.63) is 34.1 Å². The summed E-state index contributed by atoms with van der Waals surface area (Å²) in [5.74, 6) is 0.726. The molecule has 1 aromatic heterocycles. The van der Waals surface area contributed by atoms with Gasteiger partial charge in [-0.15, -0.1) is 10.2 Å². The third-order valence-corrected chi connectivity index (χ3v) is 2.59. The van der Waals surface area contributed by atoms with Crippen molar-refractivity contribution in [3.8, 4) is 5.75 Å². The van der Waals surface area contributed by atoms with Crippen molar-refractivity contribution in [1.82, 2.24) is 20.6 Å². The van der Waals surface area contributed by atoms with E-state index >= 15 is 0 Å². The molecule has 0 saturated carbocycles. The van der Waals surface area contributed by atoms with Crippen LogP contribution in [0.4, 0.5) is 11.4 Å². The first-order valence-corrected chi connectivity index (χ1v) is 6.03. The lowest BCUT2D eigenvalue weighted by Crippen LogP contribution is -2.09. The molecule has 20 heavy (non-hydrogen) atoms. The van der Waals surface area contributed by atoms with Gasteiger partial charge in [0.25, 0.3) is 0 Å². The van der Waals surface area contributed by atoms with Gasteiger partial charge in [-0.2, -0.15) is 5.21 Å². The third kappa shape index (κ3) is 2.99. The predicted molar refractivity (Wildman–Crippen MR) is 70.5 cm³/mol. The van der Waals surface area contributed by atoms with E-state index < -0.39 is 4.92 Å². The molecule has 0 aliphatic carbocycles. The van der Waals surface area contributed by atoms with Gasteiger partial charge in [-0.1, -0.05) is 5.21 Å². The fourth-order valence-electron chi connectivity index (χ4n) is 1.69. The molecule has 0 fully saturated rings. The second-order valence-corrected chi connectivity index (χ2v) is 4.01. The highest BCUT2D eigenvalue weighted by molar-refractivity contribution is 5.58. The average Bonchev–Trinajstić information content (AvgIpc) is 2.93. The zero-order chi connectivity index (χ0) is 14.5. The van der Waals surface area contributed by atoms with Crippen molar-refractivity contribution in [2.75, 3.05) is 11.9 Å². The maximum absolute atomic E-state index is 10.9. The number of nitrogens with one attached hydrogen (secondary N) is 2. The number of anilines is 1. The summed E-state index contributed by atoms with van der Waals surface area (Å²) in [5.41, 5.74) is 0.612. The SMILES string of the molecule is CCOc1cc(NC(C)c2nn[nH]n2)ccc1[N+](=O)[O-]. The van der Waals surface area contributed by atoms with Crippen LogP contribution in [0.15, 0.2) is 18.2 Å². The van der Waals surface area contributed by atoms with E-state index in [2.05, 4.69) is 25.9 Å². The summed E-state index contributed by atoms with van der Waals surface area (Å²) in [5, 5.41) is 27.6. The molecular formula is C11H14N6O3. The molecule has 0 aliphatic rings. The molecule has 2 rings (SSSR count). The van der Waals surface area contributed by atoms with Crippen LogP contribution in [0.25, 0.3) is 0 Å². The molecule has 9 nitrogen and oxygen atoms in total. The van der Waals surface area contributed by atoms with Gasteiger partial charge in [-0.3, -0.25) is 10.1 Å². The van der Waals surface area contributed by atoms with Gasteiger partial charge in [-0.05, 0) is 19.9 Å². The largest absolute Gasteiger partial charge is 0.487 e. The molecule has 0 radical (unpaired) electrons. The molecule has 2 aromatic rings. The van der Waals surface area contributed by atoms with Gasteiger partial charge in [0.05, 0.1) is 17.6 Å². The van der Waals surface area contributed by atoms with Gasteiger partial charge in [0, 0.05) is 17.8 Å². The lowest BCUT2D eigenvalue weighted by Gasteiger charge is -2.12. The zero-order valence-electron chi connectivity index (χ0n) is 11.0. The Balaban J connectivity index is 2.20. The van der Waals surface area contributed by atoms with Crippen LogP contribution in [-0.4, -0.2) is 32.2 Å². The highest BCUT2D eigenvalue weighted by Crippen LogP contribution is 2.31. The normalized spacial score (nSPS) is 11.9. The summed E-state index contributed by atoms with van der Waals surface area (Å²) in [6.45, 7) is 3.98. The molecule has 1 heterocycles. The minimum Gasteiger partial charge on any atom is -0.487 e. The number of tetrazole rings is 1. The number of aromatic nitrogens is 4. The summed E-state index contributed by atoms with van der Waals surface area (Å²) in [7, 11) is 0. The van der Waals surface area contributed by atoms with Crippen molar-refractivity contribution in [2.45, 2.75) is 19.9 Å². The molecule has 0 aliphatic heterocycles. The molecule has 106 valence electrons. The van der Waals surface area contributed by atoms with Gasteiger partial charge in [-0.25, -0.2) is 0 Å². The standard InChI is InChI=1S/C11H14N6O3/c1-3-20-10-6-8(4-5-9(10)17(18)19)12-7(2)11-13-15-16-14-11/h4-7,12H,3H2,1-2H3,(H,13,14,15,16). The Morgan fingerprint density at radius 1 is 1.55 bits per heavy atom. The first-order chi connectivity index (χ1) is 9.61. The Kier molecular flexibility index (Phi) is 4.08. The Hall–Kier alpha value is -2.71. The Morgan fingerprint density at radius 3 is 2.95 bits per heavy atom. The van der Waals surface area contributed by atoms with Crippen LogP contribution in [-0.2, 0) is 0 Å². The lowest BCUT2D eigenvalue weighted by molar-refractivity contribution is -0.385. The maximum atomic E-state index is 10.9. The Labute approximate surface area is 114 Å². The van der Waals surface area contributed by atoms with Crippen LogP contribution in [0.5, 0.6) is 5.75 Å². The van der Waals surface area contributed by atoms with Crippen molar-refractivity contribution >= 4 is 11.4 Å². The Morgan fingerprint density at radius 2 is 2.35 bits per heavy atom. The maximum Gasteiger partial charge on any atom is 0.311 e. The van der Waals surface area contributed by atoms with Crippen LogP contribution >= 0.6 is 0 Å². The van der Waals surface area contributed by atoms with E-state index in [-0.39, 0.29) is 17.5 Å². The molecule has 2 N–H and O–H groups in total. The highest BCUT2D eigenvalue weighted by atomic mass is 16.6. The third-order valence-electron chi connectivity index (χ3n) is 2.59. The molecule has 0 saturated heterocycles. The van der Waals surface area contributed by atoms with Gasteiger partial charge >= 0.3 is 5.69 Å². The molecule has 0 spiro atoms. The second-order valence-electron chi connectivity index (χ2n) is 4.01. The molecule has 1 aromatic carbocycles. The first kappa shape index (κ1) is 13.7. The van der Waals surface area contributed by atoms with Crippen LogP contribution in [0.1, 0.15) is 25.7 Å². The topological polar surface area (TPSA) is 119 Å². The fraction of sp³-hybridized carbons (Fsp3) is 0.364. The van der Waals surface area contributed by atoms with Gasteiger partial charge in [0.1, 0.15) is 0 Å². The number of rotatable bonds is 6. The summed E-state index contributed by atoms with van der Waals surface area (Å²) < 4.78 is 5.28. The Bertz CT molecular complexity index is 586. The fourth-order valence-corrected chi connectivity index (χ4v) is 1.69. The monoisotopic (exact) mass is 278 g/mol. The van der Waals surface area contributed by atoms with E-state index in [1.165, 1.54) is 6.07 Å². The van der Waals surface area contributed by atoms with Crippen molar-refractivity contribution in [1.29, 1.82) is 0 Å². The van der Waals surface area contributed by atoms with Crippen LogP contribution in [0.3, 0.4) is 0 Å². The van der Waals surface area contributed by atoms with E-state index in [4.69, 9.17) is 4.74 Å². The highest BCUT2D eigenvalue weighted by Gasteiger charge is 2.17. The number of benzene rings is 1.